The van der Waals surface area contributed by atoms with E-state index in [1.54, 1.807) is 0 Å². The topological polar surface area (TPSA) is 179 Å². The molecule has 13 heteroatoms. The molecular weight excluding hydrogens is 336 g/mol. The lowest BCUT2D eigenvalue weighted by atomic mass is 10.2. The molecule has 0 aliphatic carbocycles. The normalized spacial score (nSPS) is 18.6. The zero-order valence-corrected chi connectivity index (χ0v) is 13.4. The number of anilines is 3. The van der Waals surface area contributed by atoms with E-state index in [2.05, 4.69) is 21.2 Å². The van der Waals surface area contributed by atoms with E-state index in [-0.39, 0.29) is 23.4 Å². The van der Waals surface area contributed by atoms with Crippen molar-refractivity contribution >= 4 is 40.0 Å². The van der Waals surface area contributed by atoms with Gasteiger partial charge in [-0.15, -0.1) is 0 Å². The van der Waals surface area contributed by atoms with E-state index in [0.29, 0.717) is 10.7 Å². The largest absolute Gasteiger partial charge is 0.870 e. The van der Waals surface area contributed by atoms with E-state index in [9.17, 15) is 8.42 Å². The number of hydrogen-bond acceptors (Lipinski definition) is 10. The number of aromatic nitrogens is 3. The van der Waals surface area contributed by atoms with E-state index in [0.717, 1.165) is 24.5 Å². The molecule has 1 aromatic heterocycles. The summed E-state index contributed by atoms with van der Waals surface area (Å²) in [6.07, 6.45) is 0.909. The molecule has 0 saturated carbocycles. The summed E-state index contributed by atoms with van der Waals surface area (Å²) < 4.78 is 34.8. The molecule has 0 radical (unpaired) electrons. The highest BCUT2D eigenvalue weighted by Gasteiger charge is 2.29. The van der Waals surface area contributed by atoms with Crippen LogP contribution in [0.25, 0.3) is 0 Å². The van der Waals surface area contributed by atoms with Crippen molar-refractivity contribution in [2.24, 2.45) is 0 Å². The summed E-state index contributed by atoms with van der Waals surface area (Å²) in [4.78, 5) is 9.98. The van der Waals surface area contributed by atoms with Crippen LogP contribution in [0.4, 0.5) is 17.8 Å². The second-order valence-electron chi connectivity index (χ2n) is 4.37. The van der Waals surface area contributed by atoms with E-state index >= 15 is 0 Å². The Labute approximate surface area is 131 Å². The molecule has 6 N–H and O–H groups in total. The Kier molecular flexibility index (Phi) is 5.99. The molecule has 0 bridgehead atoms. The molecule has 1 saturated heterocycles. The van der Waals surface area contributed by atoms with Gasteiger partial charge < -0.3 is 21.8 Å². The third-order valence-electron chi connectivity index (χ3n) is 2.97. The molecule has 1 atom stereocenters. The van der Waals surface area contributed by atoms with Gasteiger partial charge in [0.05, 0.1) is 0 Å². The number of nitrogen functional groups attached to an aromatic ring is 2. The predicted molar refractivity (Wildman–Crippen MR) is 79.9 cm³/mol. The maximum absolute atomic E-state index is 10.7. The van der Waals surface area contributed by atoms with E-state index in [4.69, 9.17) is 16.0 Å². The van der Waals surface area contributed by atoms with Crippen LogP contribution in [0.15, 0.2) is 0 Å². The summed E-state index contributed by atoms with van der Waals surface area (Å²) in [6.45, 7) is 2.80. The molecule has 1 aromatic rings. The molecule has 0 spiro atoms. The summed E-state index contributed by atoms with van der Waals surface area (Å²) in [5.41, 5.74) is 11.2. The van der Waals surface area contributed by atoms with Crippen molar-refractivity contribution < 1.29 is 27.5 Å². The van der Waals surface area contributed by atoms with Gasteiger partial charge in [0.15, 0.2) is 0 Å². The minimum atomic E-state index is -4.77. The lowest BCUT2D eigenvalue weighted by Crippen LogP contribution is -2.52. The fourth-order valence-electron chi connectivity index (χ4n) is 1.99. The third kappa shape index (κ3) is 4.22. The van der Waals surface area contributed by atoms with Crippen LogP contribution in [0.5, 0.6) is 0 Å². The zero-order valence-electron chi connectivity index (χ0n) is 11.8. The van der Waals surface area contributed by atoms with Gasteiger partial charge in [-0.25, -0.2) is 4.28 Å². The third-order valence-corrected chi connectivity index (χ3v) is 4.40. The number of nitrogens with two attached hydrogens (primary N) is 2. The van der Waals surface area contributed by atoms with Crippen LogP contribution in [0.1, 0.15) is 13.3 Å². The lowest BCUT2D eigenvalue weighted by Gasteiger charge is -2.33. The SMILES string of the molecule is CCC1CSCCN1c1nc(N)[n+](OS(=O)(=O)O)c(N)n1.[OH-]. The quantitative estimate of drug-likeness (QED) is 0.415. The van der Waals surface area contributed by atoms with Gasteiger partial charge >= 0.3 is 28.2 Å². The predicted octanol–water partition coefficient (Wildman–Crippen LogP) is -1.69. The van der Waals surface area contributed by atoms with Crippen LogP contribution >= 0.6 is 11.8 Å². The van der Waals surface area contributed by atoms with Crippen LogP contribution in [-0.4, -0.2) is 52.5 Å². The molecule has 2 rings (SSSR count). The van der Waals surface area contributed by atoms with Gasteiger partial charge in [0, 0.05) is 24.1 Å². The Morgan fingerprint density at radius 3 is 2.55 bits per heavy atom. The van der Waals surface area contributed by atoms with E-state index in [1.807, 2.05) is 16.7 Å². The first-order valence-electron chi connectivity index (χ1n) is 6.18. The standard InChI is InChI=1S/C9H16N6O4S2.H2O/c1-2-6-5-20-4-3-14(6)9-12-7(10)15(8(11)13-9)19-21(16,17)18;/h6H,2-5H2,1H3,(H4,10,11,12,13,16,17,18);1H2. The number of rotatable bonds is 4. The molecule has 1 fully saturated rings. The van der Waals surface area contributed by atoms with Gasteiger partial charge in [0.2, 0.25) is 0 Å². The molecule has 126 valence electrons. The average molecular weight is 354 g/mol. The molecule has 1 aliphatic heterocycles. The Hall–Kier alpha value is -1.57. The minimum absolute atomic E-state index is 0. The molecule has 0 amide bonds. The van der Waals surface area contributed by atoms with Crippen LogP contribution < -0.4 is 25.4 Å². The average Bonchev–Trinajstić information content (AvgIpc) is 2.41. The van der Waals surface area contributed by atoms with Crippen LogP contribution in [0, 0.1) is 0 Å². The Bertz CT molecular complexity index is 604. The highest BCUT2D eigenvalue weighted by molar-refractivity contribution is 7.99. The molecule has 2 heterocycles. The van der Waals surface area contributed by atoms with Crippen molar-refractivity contribution in [2.45, 2.75) is 19.4 Å². The number of thioether (sulfide) groups is 1. The second kappa shape index (κ2) is 7.13. The first-order chi connectivity index (χ1) is 9.81. The highest BCUT2D eigenvalue weighted by Crippen LogP contribution is 2.23. The van der Waals surface area contributed by atoms with Crippen molar-refractivity contribution in [3.05, 3.63) is 0 Å². The fraction of sp³-hybridized carbons (Fsp3) is 0.667. The van der Waals surface area contributed by atoms with Crippen LogP contribution in [-0.2, 0) is 10.4 Å². The molecule has 1 aliphatic rings. The summed E-state index contributed by atoms with van der Waals surface area (Å²) in [5, 5.41) is 0. The summed E-state index contributed by atoms with van der Waals surface area (Å²) in [6, 6.07) is 0.251. The Morgan fingerprint density at radius 2 is 2.05 bits per heavy atom. The van der Waals surface area contributed by atoms with Gasteiger partial charge in [0.25, 0.3) is 0 Å². The van der Waals surface area contributed by atoms with Gasteiger partial charge in [-0.05, 0) is 11.2 Å². The smallest absolute Gasteiger partial charge is 0.472 e. The van der Waals surface area contributed by atoms with Crippen LogP contribution in [0.2, 0.25) is 0 Å². The van der Waals surface area contributed by atoms with Gasteiger partial charge in [-0.2, -0.15) is 20.2 Å². The minimum Gasteiger partial charge on any atom is -0.870 e. The van der Waals surface area contributed by atoms with E-state index in [1.165, 1.54) is 0 Å². The molecule has 1 unspecified atom stereocenters. The summed E-state index contributed by atoms with van der Waals surface area (Å²) in [5.74, 6) is 1.55. The van der Waals surface area contributed by atoms with Crippen LogP contribution in [0.3, 0.4) is 0 Å². The molecular formula is C9H18N6O5S2. The van der Waals surface area contributed by atoms with Gasteiger partial charge in [-0.1, -0.05) is 16.9 Å². The molecule has 0 aromatic carbocycles. The van der Waals surface area contributed by atoms with Crippen molar-refractivity contribution in [2.75, 3.05) is 34.4 Å². The summed E-state index contributed by atoms with van der Waals surface area (Å²) >= 11 is 1.84. The van der Waals surface area contributed by atoms with Crippen molar-refractivity contribution in [1.29, 1.82) is 0 Å². The second-order valence-corrected chi connectivity index (χ2v) is 6.52. The first-order valence-corrected chi connectivity index (χ1v) is 8.70. The maximum atomic E-state index is 10.7. The first kappa shape index (κ1) is 18.5. The summed E-state index contributed by atoms with van der Waals surface area (Å²) in [7, 11) is -4.77. The maximum Gasteiger partial charge on any atom is 0.472 e. The zero-order chi connectivity index (χ0) is 15.6. The Balaban J connectivity index is 0.00000242. The van der Waals surface area contributed by atoms with Crippen molar-refractivity contribution in [1.82, 2.24) is 9.97 Å². The monoisotopic (exact) mass is 354 g/mol. The van der Waals surface area contributed by atoms with E-state index < -0.39 is 10.4 Å². The lowest BCUT2D eigenvalue weighted by molar-refractivity contribution is -0.836. The number of hydrogen-bond donors (Lipinski definition) is 3. The Morgan fingerprint density at radius 1 is 1.45 bits per heavy atom. The highest BCUT2D eigenvalue weighted by atomic mass is 32.3. The van der Waals surface area contributed by atoms with Gasteiger partial charge in [0.1, 0.15) is 0 Å². The number of nitrogens with zero attached hydrogens (tertiary/aromatic N) is 4. The molecule has 11 nitrogen and oxygen atoms in total. The van der Waals surface area contributed by atoms with Crippen molar-refractivity contribution in [3.63, 3.8) is 0 Å². The van der Waals surface area contributed by atoms with Gasteiger partial charge in [-0.3, -0.25) is 4.55 Å². The molecule has 22 heavy (non-hydrogen) atoms. The van der Waals surface area contributed by atoms with Crippen molar-refractivity contribution in [3.8, 4) is 0 Å². The fourth-order valence-corrected chi connectivity index (χ4v) is 3.51.